The summed E-state index contributed by atoms with van der Waals surface area (Å²) in [5.74, 6) is 1.16. The second kappa shape index (κ2) is 26.5. The standard InChI is InChI=1S/C25H46ClN3O3.2C2H6.C2H2.CH4O/c1-8-19(11-10-13-26)20-12-14-29(17-24(20,5)6)22(30)21(15-18(3)4)28-23(31)27-16-25(7,32)9-2;4*1-2/h8,10-11,18,20-21,23,27-28,31-32H,9,12-17H2,1-7H3;2*1-2H3;1-2H;2H,1H3/b11-10-,19-8+;;;;. The largest absolute Gasteiger partial charge is 0.400 e. The zero-order chi connectivity index (χ0) is 32.5. The number of aliphatic hydroxyl groups excluding tert-OH is 2. The van der Waals surface area contributed by atoms with Gasteiger partial charge in [0.2, 0.25) is 5.91 Å². The first-order chi connectivity index (χ1) is 18.9. The van der Waals surface area contributed by atoms with E-state index >= 15 is 0 Å². The minimum atomic E-state index is -1.07. The second-order valence-electron chi connectivity index (χ2n) is 10.4. The molecule has 0 saturated carbocycles. The molecule has 8 heteroatoms. The van der Waals surface area contributed by atoms with Crippen LogP contribution in [0.3, 0.4) is 0 Å². The number of rotatable bonds is 12. The number of carbonyl (C=O) groups excluding carboxylic acids is 1. The van der Waals surface area contributed by atoms with E-state index in [-0.39, 0.29) is 17.9 Å². The highest BCUT2D eigenvalue weighted by atomic mass is 35.5. The molecule has 40 heavy (non-hydrogen) atoms. The number of hydrogen-bond acceptors (Lipinski definition) is 6. The predicted octanol–water partition coefficient (Wildman–Crippen LogP) is 5.54. The van der Waals surface area contributed by atoms with Gasteiger partial charge in [0.25, 0.3) is 0 Å². The number of aliphatic hydroxyl groups is 3. The number of nitrogens with one attached hydrogen (secondary N) is 2. The summed E-state index contributed by atoms with van der Waals surface area (Å²) in [6.45, 7) is 23.8. The molecule has 0 bridgehead atoms. The monoisotopic (exact) mass is 589 g/mol. The van der Waals surface area contributed by atoms with Gasteiger partial charge in [-0.1, -0.05) is 80.5 Å². The van der Waals surface area contributed by atoms with E-state index in [1.165, 1.54) is 5.57 Å². The fourth-order valence-corrected chi connectivity index (χ4v) is 4.47. The van der Waals surface area contributed by atoms with Crippen LogP contribution >= 0.6 is 11.6 Å². The van der Waals surface area contributed by atoms with Crippen molar-refractivity contribution in [1.29, 1.82) is 0 Å². The summed E-state index contributed by atoms with van der Waals surface area (Å²) < 4.78 is 0. The third kappa shape index (κ3) is 18.9. The molecule has 1 fully saturated rings. The van der Waals surface area contributed by atoms with Gasteiger partial charge in [0.15, 0.2) is 6.35 Å². The summed E-state index contributed by atoms with van der Waals surface area (Å²) in [4.78, 5) is 15.4. The molecule has 4 unspecified atom stereocenters. The number of terminal acetylenes is 1. The van der Waals surface area contributed by atoms with E-state index in [2.05, 4.69) is 63.3 Å². The Morgan fingerprint density at radius 2 is 1.73 bits per heavy atom. The molecule has 238 valence electrons. The van der Waals surface area contributed by atoms with Gasteiger partial charge in [0.05, 0.1) is 11.6 Å². The minimum absolute atomic E-state index is 0.0201. The molecule has 0 spiro atoms. The average molecular weight is 590 g/mol. The van der Waals surface area contributed by atoms with E-state index in [1.807, 2.05) is 52.5 Å². The predicted molar refractivity (Wildman–Crippen MR) is 174 cm³/mol. The summed E-state index contributed by atoms with van der Waals surface area (Å²) in [5, 5.41) is 33.6. The SMILES string of the molecule is C#C.C/C=C(\C=C/CCl)C1CCN(C(=O)C(CC(C)C)NC(O)NCC(C)(O)CC)CC1(C)C.CC.CC.CO. The summed E-state index contributed by atoms with van der Waals surface area (Å²) in [5.41, 5.74) is 0.280. The van der Waals surface area contributed by atoms with Gasteiger partial charge in [-0.05, 0) is 55.9 Å². The van der Waals surface area contributed by atoms with Crippen molar-refractivity contribution in [2.24, 2.45) is 17.3 Å². The first kappa shape index (κ1) is 45.6. The summed E-state index contributed by atoms with van der Waals surface area (Å²) in [6.07, 6.45) is 15.2. The zero-order valence-electron chi connectivity index (χ0n) is 27.7. The molecule has 0 aromatic carbocycles. The van der Waals surface area contributed by atoms with Crippen molar-refractivity contribution in [2.45, 2.75) is 113 Å². The van der Waals surface area contributed by atoms with E-state index in [1.54, 1.807) is 6.92 Å². The summed E-state index contributed by atoms with van der Waals surface area (Å²) in [6, 6.07) is -0.492. The first-order valence-electron chi connectivity index (χ1n) is 14.7. The van der Waals surface area contributed by atoms with Gasteiger partial charge in [-0.15, -0.1) is 24.4 Å². The molecule has 0 radical (unpaired) electrons. The van der Waals surface area contributed by atoms with E-state index < -0.39 is 18.0 Å². The van der Waals surface area contributed by atoms with Crippen molar-refractivity contribution < 1.29 is 20.1 Å². The second-order valence-corrected chi connectivity index (χ2v) is 10.7. The van der Waals surface area contributed by atoms with Crippen molar-refractivity contribution in [1.82, 2.24) is 15.5 Å². The highest BCUT2D eigenvalue weighted by molar-refractivity contribution is 6.18. The number of piperidine rings is 1. The number of allylic oxidation sites excluding steroid dienone is 4. The average Bonchev–Trinajstić information content (AvgIpc) is 2.96. The highest BCUT2D eigenvalue weighted by Crippen LogP contribution is 2.40. The first-order valence-corrected chi connectivity index (χ1v) is 15.3. The van der Waals surface area contributed by atoms with Crippen LogP contribution in [0.5, 0.6) is 0 Å². The lowest BCUT2D eigenvalue weighted by molar-refractivity contribution is -0.139. The van der Waals surface area contributed by atoms with Gasteiger partial charge in [0, 0.05) is 32.6 Å². The summed E-state index contributed by atoms with van der Waals surface area (Å²) in [7, 11) is 1.00. The molecule has 1 aliphatic rings. The van der Waals surface area contributed by atoms with Crippen molar-refractivity contribution >= 4 is 17.5 Å². The molecule has 1 aliphatic heterocycles. The van der Waals surface area contributed by atoms with Gasteiger partial charge in [-0.25, -0.2) is 0 Å². The molecular weight excluding hydrogens is 526 g/mol. The number of nitrogens with zero attached hydrogens (tertiary/aromatic N) is 1. The van der Waals surface area contributed by atoms with Gasteiger partial charge >= 0.3 is 0 Å². The highest BCUT2D eigenvalue weighted by Gasteiger charge is 2.40. The maximum atomic E-state index is 13.5. The topological polar surface area (TPSA) is 105 Å². The van der Waals surface area contributed by atoms with Gasteiger partial charge in [0.1, 0.15) is 0 Å². The fraction of sp³-hybridized carbons (Fsp3) is 0.781. The molecule has 1 saturated heterocycles. The number of halogens is 1. The van der Waals surface area contributed by atoms with E-state index in [4.69, 9.17) is 16.7 Å². The zero-order valence-corrected chi connectivity index (χ0v) is 28.5. The third-order valence-corrected chi connectivity index (χ3v) is 6.66. The number of carbonyl (C=O) groups is 1. The van der Waals surface area contributed by atoms with Crippen molar-refractivity contribution in [3.05, 3.63) is 23.8 Å². The summed E-state index contributed by atoms with van der Waals surface area (Å²) >= 11 is 5.84. The molecule has 0 aromatic heterocycles. The Morgan fingerprint density at radius 1 is 1.20 bits per heavy atom. The Hall–Kier alpha value is -1.40. The van der Waals surface area contributed by atoms with Crippen molar-refractivity contribution in [2.75, 3.05) is 32.6 Å². The van der Waals surface area contributed by atoms with E-state index in [0.29, 0.717) is 43.6 Å². The molecule has 5 N–H and O–H groups in total. The maximum absolute atomic E-state index is 13.5. The molecule has 1 heterocycles. The van der Waals surface area contributed by atoms with Crippen LogP contribution in [-0.2, 0) is 4.79 Å². The Labute approximate surface area is 252 Å². The van der Waals surface area contributed by atoms with Gasteiger partial charge in [-0.2, -0.15) is 0 Å². The molecule has 7 nitrogen and oxygen atoms in total. The van der Waals surface area contributed by atoms with Gasteiger partial charge < -0.3 is 20.2 Å². The number of likely N-dealkylation sites (tertiary alicyclic amines) is 1. The molecular formula is C32H64ClN3O4. The number of alkyl halides is 1. The van der Waals surface area contributed by atoms with Crippen LogP contribution in [0.1, 0.15) is 95.4 Å². The third-order valence-electron chi connectivity index (χ3n) is 6.48. The van der Waals surface area contributed by atoms with Crippen LogP contribution in [0, 0.1) is 30.1 Å². The van der Waals surface area contributed by atoms with Crippen LogP contribution < -0.4 is 10.6 Å². The van der Waals surface area contributed by atoms with E-state index in [9.17, 15) is 15.0 Å². The normalized spacial score (nSPS) is 19.2. The van der Waals surface area contributed by atoms with Crippen LogP contribution in [0.2, 0.25) is 0 Å². The van der Waals surface area contributed by atoms with Crippen LogP contribution in [-0.4, -0.2) is 76.7 Å². The van der Waals surface area contributed by atoms with Gasteiger partial charge in [-0.3, -0.25) is 15.4 Å². The molecule has 1 amide bonds. The molecule has 1 rings (SSSR count). The number of amides is 1. The van der Waals surface area contributed by atoms with Crippen LogP contribution in [0.15, 0.2) is 23.8 Å². The Morgan fingerprint density at radius 3 is 2.12 bits per heavy atom. The Balaban J connectivity index is -0.000000739. The fourth-order valence-electron chi connectivity index (χ4n) is 4.38. The maximum Gasteiger partial charge on any atom is 0.239 e. The van der Waals surface area contributed by atoms with E-state index in [0.717, 1.165) is 13.5 Å². The molecule has 0 aliphatic carbocycles. The minimum Gasteiger partial charge on any atom is -0.400 e. The Bertz CT molecular complexity index is 691. The molecule has 0 aromatic rings. The Kier molecular flexibility index (Phi) is 30.2. The smallest absolute Gasteiger partial charge is 0.239 e. The van der Waals surface area contributed by atoms with Crippen LogP contribution in [0.25, 0.3) is 0 Å². The van der Waals surface area contributed by atoms with Crippen molar-refractivity contribution in [3.8, 4) is 12.8 Å². The van der Waals surface area contributed by atoms with Crippen LogP contribution in [0.4, 0.5) is 0 Å². The quantitative estimate of drug-likeness (QED) is 0.0885. The lowest BCUT2D eigenvalue weighted by Crippen LogP contribution is -2.58. The number of hydrogen-bond donors (Lipinski definition) is 5. The molecule has 4 atom stereocenters. The lowest BCUT2D eigenvalue weighted by Gasteiger charge is -2.46. The lowest BCUT2D eigenvalue weighted by atomic mass is 9.70. The van der Waals surface area contributed by atoms with Crippen molar-refractivity contribution in [3.63, 3.8) is 0 Å².